The predicted octanol–water partition coefficient (Wildman–Crippen LogP) is 4.66. The van der Waals surface area contributed by atoms with Crippen LogP contribution in [0, 0.1) is 6.92 Å². The number of aromatic nitrogens is 2. The van der Waals surface area contributed by atoms with Gasteiger partial charge in [-0.2, -0.15) is 0 Å². The van der Waals surface area contributed by atoms with E-state index in [2.05, 4.69) is 15.3 Å². The molecule has 3 aromatic rings. The van der Waals surface area contributed by atoms with Crippen LogP contribution < -0.4 is 5.32 Å². The maximum atomic E-state index is 12.4. The van der Waals surface area contributed by atoms with E-state index in [9.17, 15) is 4.79 Å². The lowest BCUT2D eigenvalue weighted by atomic mass is 10.2. The molecule has 2 heterocycles. The molecule has 122 valence electrons. The maximum absolute atomic E-state index is 12.4. The molecule has 0 aliphatic rings. The molecule has 0 spiro atoms. The number of hydrogen-bond donors (Lipinski definition) is 1. The number of thiazole rings is 1. The highest BCUT2D eigenvalue weighted by Gasteiger charge is 2.19. The van der Waals surface area contributed by atoms with E-state index in [0.29, 0.717) is 10.6 Å². The predicted molar refractivity (Wildman–Crippen MR) is 97.4 cm³/mol. The van der Waals surface area contributed by atoms with Crippen molar-refractivity contribution in [1.29, 1.82) is 0 Å². The molecule has 4 nitrogen and oxygen atoms in total. The summed E-state index contributed by atoms with van der Waals surface area (Å²) in [6.07, 6.45) is 3.02. The molecule has 1 amide bonds. The summed E-state index contributed by atoms with van der Waals surface area (Å²) in [5.41, 5.74) is 2.42. The number of hydrogen-bond acceptors (Lipinski definition) is 4. The fraction of sp³-hybridized carbons (Fsp3) is 0.167. The molecular formula is C18H16ClN3OS. The molecule has 1 N–H and O–H groups in total. The van der Waals surface area contributed by atoms with Crippen molar-refractivity contribution in [2.75, 3.05) is 0 Å². The number of rotatable bonds is 4. The van der Waals surface area contributed by atoms with E-state index < -0.39 is 0 Å². The number of amides is 1. The van der Waals surface area contributed by atoms with E-state index in [1.807, 2.05) is 44.2 Å². The van der Waals surface area contributed by atoms with Crippen LogP contribution in [0.5, 0.6) is 0 Å². The van der Waals surface area contributed by atoms with Gasteiger partial charge in [0, 0.05) is 18.0 Å². The molecule has 0 saturated heterocycles. The van der Waals surface area contributed by atoms with Gasteiger partial charge in [0.25, 0.3) is 5.91 Å². The van der Waals surface area contributed by atoms with Crippen molar-refractivity contribution >= 4 is 28.8 Å². The van der Waals surface area contributed by atoms with Crippen molar-refractivity contribution in [3.05, 3.63) is 69.9 Å². The van der Waals surface area contributed by atoms with Gasteiger partial charge < -0.3 is 5.32 Å². The van der Waals surface area contributed by atoms with Gasteiger partial charge in [0.15, 0.2) is 0 Å². The van der Waals surface area contributed by atoms with Crippen molar-refractivity contribution in [2.45, 2.75) is 19.9 Å². The monoisotopic (exact) mass is 357 g/mol. The third-order valence-corrected chi connectivity index (χ3v) is 5.30. The Labute approximate surface area is 149 Å². The molecule has 0 aliphatic heterocycles. The second-order valence-corrected chi connectivity index (χ2v) is 6.82. The van der Waals surface area contributed by atoms with Gasteiger partial charge in [0.1, 0.15) is 5.01 Å². The lowest BCUT2D eigenvalue weighted by Crippen LogP contribution is -2.26. The number of aryl methyl sites for hydroxylation is 1. The summed E-state index contributed by atoms with van der Waals surface area (Å²) in [4.78, 5) is 22.0. The Morgan fingerprint density at radius 2 is 2.00 bits per heavy atom. The normalized spacial score (nSPS) is 12.0. The molecule has 2 aromatic heterocycles. The molecule has 0 saturated carbocycles. The quantitative estimate of drug-likeness (QED) is 0.738. The summed E-state index contributed by atoms with van der Waals surface area (Å²) in [5.74, 6) is -0.219. The summed E-state index contributed by atoms with van der Waals surface area (Å²) in [5, 5.41) is 4.27. The summed E-state index contributed by atoms with van der Waals surface area (Å²) < 4.78 is 0. The van der Waals surface area contributed by atoms with E-state index in [-0.39, 0.29) is 11.9 Å². The molecule has 1 aromatic carbocycles. The zero-order valence-corrected chi connectivity index (χ0v) is 14.9. The van der Waals surface area contributed by atoms with Crippen LogP contribution in [0.15, 0.2) is 48.8 Å². The van der Waals surface area contributed by atoms with Crippen LogP contribution in [0.1, 0.15) is 33.9 Å². The fourth-order valence-electron chi connectivity index (χ4n) is 2.41. The number of pyridine rings is 1. The molecule has 1 atom stereocenters. The van der Waals surface area contributed by atoms with Crippen LogP contribution in [0.3, 0.4) is 0 Å². The number of halogens is 1. The smallest absolute Gasteiger partial charge is 0.253 e. The van der Waals surface area contributed by atoms with Crippen molar-refractivity contribution in [3.8, 4) is 10.6 Å². The number of carbonyl (C=O) groups excluding carboxylic acids is 1. The summed E-state index contributed by atoms with van der Waals surface area (Å²) in [6.45, 7) is 3.91. The topological polar surface area (TPSA) is 54.9 Å². The molecule has 3 rings (SSSR count). The molecular weight excluding hydrogens is 342 g/mol. The fourth-order valence-corrected chi connectivity index (χ4v) is 3.69. The number of benzene rings is 1. The van der Waals surface area contributed by atoms with Crippen molar-refractivity contribution in [2.24, 2.45) is 0 Å². The highest BCUT2D eigenvalue weighted by molar-refractivity contribution is 7.15. The average molecular weight is 358 g/mol. The Bertz CT molecular complexity index is 864. The minimum Gasteiger partial charge on any atom is -0.345 e. The zero-order chi connectivity index (χ0) is 17.1. The number of nitrogens with zero attached hydrogens (tertiary/aromatic N) is 2. The SMILES string of the molecule is Cc1nc(-c2ccccc2)sc1[C@@H](C)NC(=O)c1ccncc1Cl. The van der Waals surface area contributed by atoms with E-state index >= 15 is 0 Å². The maximum Gasteiger partial charge on any atom is 0.253 e. The minimum atomic E-state index is -0.219. The summed E-state index contributed by atoms with van der Waals surface area (Å²) in [7, 11) is 0. The molecule has 0 bridgehead atoms. The minimum absolute atomic E-state index is 0.156. The van der Waals surface area contributed by atoms with Crippen LogP contribution >= 0.6 is 22.9 Å². The zero-order valence-electron chi connectivity index (χ0n) is 13.3. The second-order valence-electron chi connectivity index (χ2n) is 5.39. The molecule has 0 unspecified atom stereocenters. The van der Waals surface area contributed by atoms with Gasteiger partial charge in [-0.1, -0.05) is 41.9 Å². The lowest BCUT2D eigenvalue weighted by Gasteiger charge is -2.13. The first-order valence-electron chi connectivity index (χ1n) is 7.49. The van der Waals surface area contributed by atoms with Gasteiger partial charge in [-0.05, 0) is 19.9 Å². The van der Waals surface area contributed by atoms with E-state index in [0.717, 1.165) is 21.1 Å². The first-order chi connectivity index (χ1) is 11.6. The van der Waals surface area contributed by atoms with Crippen LogP contribution in [0.4, 0.5) is 0 Å². The van der Waals surface area contributed by atoms with Crippen molar-refractivity contribution < 1.29 is 4.79 Å². The average Bonchev–Trinajstić information content (AvgIpc) is 2.98. The number of nitrogens with one attached hydrogen (secondary N) is 1. The van der Waals surface area contributed by atoms with Gasteiger partial charge in [0.05, 0.1) is 27.2 Å². The standard InChI is InChI=1S/C18H16ClN3OS/c1-11(21-17(23)14-8-9-20-10-15(14)19)16-12(2)22-18(24-16)13-6-4-3-5-7-13/h3-11H,1-2H3,(H,21,23)/t11-/m1/s1. The Hall–Kier alpha value is -2.24. The van der Waals surface area contributed by atoms with Crippen molar-refractivity contribution in [1.82, 2.24) is 15.3 Å². The van der Waals surface area contributed by atoms with Crippen LogP contribution in [-0.2, 0) is 0 Å². The Morgan fingerprint density at radius 3 is 2.71 bits per heavy atom. The molecule has 24 heavy (non-hydrogen) atoms. The summed E-state index contributed by atoms with van der Waals surface area (Å²) >= 11 is 7.62. The molecule has 0 fully saturated rings. The largest absolute Gasteiger partial charge is 0.345 e. The molecule has 6 heteroatoms. The Balaban J connectivity index is 1.81. The molecule has 0 radical (unpaired) electrons. The highest BCUT2D eigenvalue weighted by atomic mass is 35.5. The van der Waals surface area contributed by atoms with Crippen molar-refractivity contribution in [3.63, 3.8) is 0 Å². The second kappa shape index (κ2) is 7.11. The third-order valence-electron chi connectivity index (χ3n) is 3.61. The van der Waals surface area contributed by atoms with E-state index in [1.165, 1.54) is 6.20 Å². The van der Waals surface area contributed by atoms with E-state index in [1.54, 1.807) is 23.6 Å². The van der Waals surface area contributed by atoms with Gasteiger partial charge in [-0.3, -0.25) is 9.78 Å². The number of carbonyl (C=O) groups is 1. The van der Waals surface area contributed by atoms with Gasteiger partial charge in [-0.15, -0.1) is 11.3 Å². The van der Waals surface area contributed by atoms with Gasteiger partial charge in [0.2, 0.25) is 0 Å². The van der Waals surface area contributed by atoms with Gasteiger partial charge >= 0.3 is 0 Å². The van der Waals surface area contributed by atoms with Gasteiger partial charge in [-0.25, -0.2) is 4.98 Å². The molecule has 0 aliphatic carbocycles. The van der Waals surface area contributed by atoms with E-state index in [4.69, 9.17) is 11.6 Å². The third kappa shape index (κ3) is 3.47. The Kier molecular flexibility index (Phi) is 4.92. The van der Waals surface area contributed by atoms with Crippen LogP contribution in [-0.4, -0.2) is 15.9 Å². The lowest BCUT2D eigenvalue weighted by molar-refractivity contribution is 0.0940. The highest BCUT2D eigenvalue weighted by Crippen LogP contribution is 2.31. The first kappa shape index (κ1) is 16.6. The Morgan fingerprint density at radius 1 is 1.25 bits per heavy atom. The first-order valence-corrected chi connectivity index (χ1v) is 8.69. The van der Waals surface area contributed by atoms with Crippen LogP contribution in [0.25, 0.3) is 10.6 Å². The summed E-state index contributed by atoms with van der Waals surface area (Å²) in [6, 6.07) is 11.5. The van der Waals surface area contributed by atoms with Crippen LogP contribution in [0.2, 0.25) is 5.02 Å².